The molecule has 2 atom stereocenters. The molecule has 0 saturated heterocycles. The van der Waals surface area contributed by atoms with E-state index >= 15 is 0 Å². The zero-order valence-corrected chi connectivity index (χ0v) is 19.2. The van der Waals surface area contributed by atoms with Gasteiger partial charge in [-0.25, -0.2) is 0 Å². The molecule has 2 aromatic carbocycles. The fourth-order valence-corrected chi connectivity index (χ4v) is 5.63. The SMILES string of the molecule is COC(c1ccc2c(c1)CN(C(=O)CC1NC(=O)c3ccccc31)CCO2)C1CCCCC1. The van der Waals surface area contributed by atoms with Gasteiger partial charge >= 0.3 is 0 Å². The minimum atomic E-state index is -0.277. The molecule has 1 aliphatic carbocycles. The van der Waals surface area contributed by atoms with Gasteiger partial charge in [-0.3, -0.25) is 9.59 Å². The highest BCUT2D eigenvalue weighted by atomic mass is 16.5. The molecule has 1 fully saturated rings. The monoisotopic (exact) mass is 448 g/mol. The third-order valence-electron chi connectivity index (χ3n) is 7.34. The number of benzene rings is 2. The van der Waals surface area contributed by atoms with Crippen LogP contribution in [0.3, 0.4) is 0 Å². The number of carbonyl (C=O) groups excluding carboxylic acids is 2. The second-order valence-electron chi connectivity index (χ2n) is 9.40. The first-order valence-electron chi connectivity index (χ1n) is 12.1. The van der Waals surface area contributed by atoms with Crippen LogP contribution in [0.1, 0.15) is 77.7 Å². The molecule has 6 nitrogen and oxygen atoms in total. The normalized spacial score (nSPS) is 21.4. The highest BCUT2D eigenvalue weighted by Gasteiger charge is 2.32. The maximum Gasteiger partial charge on any atom is 0.252 e. The summed E-state index contributed by atoms with van der Waals surface area (Å²) in [5.41, 5.74) is 3.75. The lowest BCUT2D eigenvalue weighted by molar-refractivity contribution is -0.132. The van der Waals surface area contributed by atoms with E-state index in [4.69, 9.17) is 9.47 Å². The van der Waals surface area contributed by atoms with Gasteiger partial charge in [0, 0.05) is 24.8 Å². The molecule has 0 bridgehead atoms. The van der Waals surface area contributed by atoms with Gasteiger partial charge in [0.1, 0.15) is 12.4 Å². The van der Waals surface area contributed by atoms with Crippen molar-refractivity contribution in [2.45, 2.75) is 57.2 Å². The first kappa shape index (κ1) is 22.0. The van der Waals surface area contributed by atoms with Gasteiger partial charge in [-0.05, 0) is 48.1 Å². The summed E-state index contributed by atoms with van der Waals surface area (Å²) in [5, 5.41) is 2.96. The van der Waals surface area contributed by atoms with Gasteiger partial charge in [-0.1, -0.05) is 43.5 Å². The van der Waals surface area contributed by atoms with E-state index in [2.05, 4.69) is 17.4 Å². The van der Waals surface area contributed by atoms with Crippen molar-refractivity contribution >= 4 is 11.8 Å². The number of amides is 2. The quantitative estimate of drug-likeness (QED) is 0.729. The van der Waals surface area contributed by atoms with E-state index in [1.165, 1.54) is 32.1 Å². The number of nitrogens with one attached hydrogen (secondary N) is 1. The molecule has 1 N–H and O–H groups in total. The maximum atomic E-state index is 13.2. The van der Waals surface area contributed by atoms with Crippen molar-refractivity contribution in [1.29, 1.82) is 0 Å². The molecular weight excluding hydrogens is 416 g/mol. The second-order valence-corrected chi connectivity index (χ2v) is 9.40. The number of fused-ring (bicyclic) bond motifs is 2. The van der Waals surface area contributed by atoms with Gasteiger partial charge < -0.3 is 19.7 Å². The predicted molar refractivity (Wildman–Crippen MR) is 125 cm³/mol. The number of methoxy groups -OCH3 is 1. The third-order valence-corrected chi connectivity index (χ3v) is 7.34. The molecule has 2 heterocycles. The Morgan fingerprint density at radius 1 is 1.18 bits per heavy atom. The third kappa shape index (κ3) is 4.49. The van der Waals surface area contributed by atoms with Gasteiger partial charge in [-0.15, -0.1) is 0 Å². The summed E-state index contributed by atoms with van der Waals surface area (Å²) in [5.74, 6) is 1.30. The standard InChI is InChI=1S/C27H32N2O4/c1-32-26(18-7-3-2-4-8-18)19-11-12-24-20(15-19)17-29(13-14-33-24)25(30)16-23-21-9-5-6-10-22(21)27(31)28-23/h5-6,9-12,15,18,23,26H,2-4,7-8,13-14,16-17H2,1H3,(H,28,31). The predicted octanol–water partition coefficient (Wildman–Crippen LogP) is 4.55. The Balaban J connectivity index is 1.32. The van der Waals surface area contributed by atoms with Crippen LogP contribution in [0, 0.1) is 5.92 Å². The Morgan fingerprint density at radius 2 is 2.00 bits per heavy atom. The number of hydrogen-bond acceptors (Lipinski definition) is 4. The first-order valence-corrected chi connectivity index (χ1v) is 12.1. The van der Waals surface area contributed by atoms with Crippen LogP contribution in [0.2, 0.25) is 0 Å². The van der Waals surface area contributed by atoms with E-state index in [1.807, 2.05) is 35.2 Å². The fraction of sp³-hybridized carbons (Fsp3) is 0.481. The van der Waals surface area contributed by atoms with E-state index in [-0.39, 0.29) is 30.4 Å². The average molecular weight is 449 g/mol. The molecule has 0 spiro atoms. The van der Waals surface area contributed by atoms with E-state index in [0.29, 0.717) is 31.2 Å². The molecule has 0 radical (unpaired) electrons. The van der Waals surface area contributed by atoms with Crippen molar-refractivity contribution in [1.82, 2.24) is 10.2 Å². The first-order chi connectivity index (χ1) is 16.1. The van der Waals surface area contributed by atoms with Crippen LogP contribution in [0.4, 0.5) is 0 Å². The fourth-order valence-electron chi connectivity index (χ4n) is 5.63. The van der Waals surface area contributed by atoms with Crippen molar-refractivity contribution in [3.8, 4) is 5.75 Å². The number of carbonyl (C=O) groups is 2. The van der Waals surface area contributed by atoms with Gasteiger partial charge in [-0.2, -0.15) is 0 Å². The topological polar surface area (TPSA) is 67.9 Å². The minimum absolute atomic E-state index is 0.0226. The summed E-state index contributed by atoms with van der Waals surface area (Å²) in [4.78, 5) is 27.3. The molecule has 3 aliphatic rings. The molecule has 2 aliphatic heterocycles. The summed E-state index contributed by atoms with van der Waals surface area (Å²) in [6, 6.07) is 13.5. The van der Waals surface area contributed by atoms with E-state index in [0.717, 1.165) is 22.4 Å². The summed E-state index contributed by atoms with van der Waals surface area (Å²) in [6.45, 7) is 1.49. The second kappa shape index (κ2) is 9.56. The van der Waals surface area contributed by atoms with Gasteiger partial charge in [0.2, 0.25) is 5.91 Å². The highest BCUT2D eigenvalue weighted by molar-refractivity contribution is 5.99. The molecule has 174 valence electrons. The zero-order chi connectivity index (χ0) is 22.8. The summed E-state index contributed by atoms with van der Waals surface area (Å²) < 4.78 is 11.9. The molecule has 2 aromatic rings. The lowest BCUT2D eigenvalue weighted by Gasteiger charge is -2.30. The Labute approximate surface area is 195 Å². The molecule has 5 rings (SSSR count). The molecule has 1 saturated carbocycles. The highest BCUT2D eigenvalue weighted by Crippen LogP contribution is 2.38. The van der Waals surface area contributed by atoms with Gasteiger partial charge in [0.25, 0.3) is 5.91 Å². The Hall–Kier alpha value is -2.86. The van der Waals surface area contributed by atoms with E-state index in [1.54, 1.807) is 7.11 Å². The largest absolute Gasteiger partial charge is 0.491 e. The number of ether oxygens (including phenoxy) is 2. The lowest BCUT2D eigenvalue weighted by atomic mass is 9.82. The molecule has 2 unspecified atom stereocenters. The van der Waals surface area contributed by atoms with Crippen molar-refractivity contribution in [3.63, 3.8) is 0 Å². The van der Waals surface area contributed by atoms with E-state index in [9.17, 15) is 9.59 Å². The Morgan fingerprint density at radius 3 is 2.82 bits per heavy atom. The van der Waals surface area contributed by atoms with Crippen LogP contribution in [0.15, 0.2) is 42.5 Å². The number of hydrogen-bond donors (Lipinski definition) is 1. The molecule has 2 amide bonds. The van der Waals surface area contributed by atoms with Crippen LogP contribution < -0.4 is 10.1 Å². The van der Waals surface area contributed by atoms with Crippen molar-refractivity contribution in [2.24, 2.45) is 5.92 Å². The van der Waals surface area contributed by atoms with Crippen LogP contribution in [0.25, 0.3) is 0 Å². The number of nitrogens with zero attached hydrogens (tertiary/aromatic N) is 1. The molecule has 0 aromatic heterocycles. The smallest absolute Gasteiger partial charge is 0.252 e. The summed E-state index contributed by atoms with van der Waals surface area (Å²) in [7, 11) is 1.80. The maximum absolute atomic E-state index is 13.2. The number of rotatable bonds is 5. The van der Waals surface area contributed by atoms with Crippen molar-refractivity contribution in [3.05, 3.63) is 64.7 Å². The zero-order valence-electron chi connectivity index (χ0n) is 19.2. The average Bonchev–Trinajstić information content (AvgIpc) is 3.02. The van der Waals surface area contributed by atoms with Crippen molar-refractivity contribution in [2.75, 3.05) is 20.3 Å². The Bertz CT molecular complexity index is 1030. The molecular formula is C27H32N2O4. The van der Waals surface area contributed by atoms with Crippen LogP contribution in [-0.4, -0.2) is 37.0 Å². The van der Waals surface area contributed by atoms with Crippen molar-refractivity contribution < 1.29 is 19.1 Å². The lowest BCUT2D eigenvalue weighted by Crippen LogP contribution is -2.35. The van der Waals surface area contributed by atoms with Crippen LogP contribution in [-0.2, 0) is 16.1 Å². The van der Waals surface area contributed by atoms with Gasteiger partial charge in [0.05, 0.1) is 25.1 Å². The summed E-state index contributed by atoms with van der Waals surface area (Å²) in [6.07, 6.45) is 6.57. The van der Waals surface area contributed by atoms with Crippen LogP contribution in [0.5, 0.6) is 5.75 Å². The van der Waals surface area contributed by atoms with Crippen LogP contribution >= 0.6 is 0 Å². The van der Waals surface area contributed by atoms with E-state index < -0.39 is 0 Å². The minimum Gasteiger partial charge on any atom is -0.491 e. The van der Waals surface area contributed by atoms with Gasteiger partial charge in [0.15, 0.2) is 0 Å². The summed E-state index contributed by atoms with van der Waals surface area (Å²) >= 11 is 0. The molecule has 6 heteroatoms. The molecule has 33 heavy (non-hydrogen) atoms. The Kier molecular flexibility index (Phi) is 6.36.